The molecule has 0 bridgehead atoms. The van der Waals surface area contributed by atoms with Crippen molar-refractivity contribution in [3.05, 3.63) is 34.9 Å². The van der Waals surface area contributed by atoms with Crippen LogP contribution >= 0.6 is 0 Å². The highest BCUT2D eigenvalue weighted by Gasteiger charge is 2.16. The highest BCUT2D eigenvalue weighted by molar-refractivity contribution is 5.89. The fourth-order valence-corrected chi connectivity index (χ4v) is 1.94. The maximum absolute atomic E-state index is 11.8. The van der Waals surface area contributed by atoms with Crippen LogP contribution in [0.3, 0.4) is 0 Å². The van der Waals surface area contributed by atoms with Crippen molar-refractivity contribution in [1.29, 1.82) is 0 Å². The van der Waals surface area contributed by atoms with Gasteiger partial charge in [-0.1, -0.05) is 6.07 Å². The molecule has 1 aliphatic rings. The average molecular weight is 235 g/mol. The van der Waals surface area contributed by atoms with Gasteiger partial charge in [0.1, 0.15) is 6.10 Å². The number of esters is 1. The maximum atomic E-state index is 11.8. The topological polar surface area (TPSA) is 47.6 Å². The second-order valence-corrected chi connectivity index (χ2v) is 4.26. The zero-order chi connectivity index (χ0) is 12.3. The van der Waals surface area contributed by atoms with Gasteiger partial charge in [-0.05, 0) is 30.2 Å². The number of carbonyl (C=O) groups is 1. The number of rotatable bonds is 4. The minimum Gasteiger partial charge on any atom is -0.457 e. The number of hydrogen-bond acceptors (Lipinski definition) is 4. The summed E-state index contributed by atoms with van der Waals surface area (Å²) in [6.07, 6.45) is -0.223. The van der Waals surface area contributed by atoms with Gasteiger partial charge in [0, 0.05) is 20.2 Å². The van der Waals surface area contributed by atoms with E-state index in [1.165, 1.54) is 11.1 Å². The Morgan fingerprint density at radius 2 is 2.18 bits per heavy atom. The Kier molecular flexibility index (Phi) is 3.76. The standard InChI is InChI=1S/C13H17NO3/c1-9(8-16-2)17-13(15)10-3-4-11-6-14-7-12(11)5-10/h3-5,9,14H,6-8H2,1-2H3. The van der Waals surface area contributed by atoms with Crippen molar-refractivity contribution in [2.45, 2.75) is 26.1 Å². The number of methoxy groups -OCH3 is 1. The number of hydrogen-bond donors (Lipinski definition) is 1. The SMILES string of the molecule is COCC(C)OC(=O)c1ccc2c(c1)CNC2. The number of ether oxygens (including phenoxy) is 2. The Hall–Kier alpha value is -1.39. The molecule has 1 heterocycles. The van der Waals surface area contributed by atoms with Crippen LogP contribution in [0.5, 0.6) is 0 Å². The van der Waals surface area contributed by atoms with Gasteiger partial charge in [-0.15, -0.1) is 0 Å². The molecule has 1 aliphatic heterocycles. The highest BCUT2D eigenvalue weighted by atomic mass is 16.6. The summed E-state index contributed by atoms with van der Waals surface area (Å²) in [6, 6.07) is 5.69. The molecule has 0 amide bonds. The van der Waals surface area contributed by atoms with E-state index in [-0.39, 0.29) is 12.1 Å². The van der Waals surface area contributed by atoms with E-state index in [0.717, 1.165) is 13.1 Å². The Balaban J connectivity index is 2.04. The molecule has 4 nitrogen and oxygen atoms in total. The van der Waals surface area contributed by atoms with E-state index < -0.39 is 0 Å². The molecular formula is C13H17NO3. The molecule has 0 saturated heterocycles. The second-order valence-electron chi connectivity index (χ2n) is 4.26. The minimum atomic E-state index is -0.288. The second kappa shape index (κ2) is 5.29. The summed E-state index contributed by atoms with van der Waals surface area (Å²) in [6.45, 7) is 3.93. The van der Waals surface area contributed by atoms with Gasteiger partial charge in [0.05, 0.1) is 12.2 Å². The van der Waals surface area contributed by atoms with Gasteiger partial charge in [0.15, 0.2) is 0 Å². The van der Waals surface area contributed by atoms with Crippen LogP contribution in [0.2, 0.25) is 0 Å². The number of carbonyl (C=O) groups excluding carboxylic acids is 1. The molecule has 0 spiro atoms. The van der Waals surface area contributed by atoms with Gasteiger partial charge in [0.2, 0.25) is 0 Å². The van der Waals surface area contributed by atoms with Crippen molar-refractivity contribution in [2.24, 2.45) is 0 Å². The van der Waals surface area contributed by atoms with Crippen LogP contribution in [-0.4, -0.2) is 25.8 Å². The van der Waals surface area contributed by atoms with Crippen molar-refractivity contribution in [3.63, 3.8) is 0 Å². The summed E-state index contributed by atoms with van der Waals surface area (Å²) in [5, 5.41) is 3.24. The van der Waals surface area contributed by atoms with Gasteiger partial charge in [-0.25, -0.2) is 4.79 Å². The summed E-state index contributed by atoms with van der Waals surface area (Å²) in [5.41, 5.74) is 3.04. The highest BCUT2D eigenvalue weighted by Crippen LogP contribution is 2.17. The lowest BCUT2D eigenvalue weighted by molar-refractivity contribution is 0.0120. The Bertz CT molecular complexity index is 417. The van der Waals surface area contributed by atoms with E-state index in [2.05, 4.69) is 5.32 Å². The molecule has 0 aromatic heterocycles. The third-order valence-corrected chi connectivity index (χ3v) is 2.78. The minimum absolute atomic E-state index is 0.223. The molecule has 2 rings (SSSR count). The van der Waals surface area contributed by atoms with Crippen LogP contribution in [0.4, 0.5) is 0 Å². The molecule has 4 heteroatoms. The molecule has 0 aliphatic carbocycles. The summed E-state index contributed by atoms with van der Waals surface area (Å²) in [7, 11) is 1.59. The average Bonchev–Trinajstić information content (AvgIpc) is 2.75. The largest absolute Gasteiger partial charge is 0.457 e. The monoisotopic (exact) mass is 235 g/mol. The van der Waals surface area contributed by atoms with Gasteiger partial charge >= 0.3 is 5.97 Å². The number of nitrogens with one attached hydrogen (secondary N) is 1. The van der Waals surface area contributed by atoms with Crippen molar-refractivity contribution >= 4 is 5.97 Å². The molecule has 0 radical (unpaired) electrons. The predicted molar refractivity (Wildman–Crippen MR) is 63.7 cm³/mol. The van der Waals surface area contributed by atoms with Gasteiger partial charge < -0.3 is 14.8 Å². The third kappa shape index (κ3) is 2.84. The quantitative estimate of drug-likeness (QED) is 0.803. The smallest absolute Gasteiger partial charge is 0.338 e. The first-order chi connectivity index (χ1) is 8.20. The molecule has 1 atom stereocenters. The molecule has 92 valence electrons. The van der Waals surface area contributed by atoms with Crippen LogP contribution in [0.15, 0.2) is 18.2 Å². The maximum Gasteiger partial charge on any atom is 0.338 e. The third-order valence-electron chi connectivity index (χ3n) is 2.78. The van der Waals surface area contributed by atoms with Gasteiger partial charge in [-0.3, -0.25) is 0 Å². The lowest BCUT2D eigenvalue weighted by atomic mass is 10.1. The molecule has 0 fully saturated rings. The zero-order valence-corrected chi connectivity index (χ0v) is 10.2. The first-order valence-corrected chi connectivity index (χ1v) is 5.73. The van der Waals surface area contributed by atoms with Crippen molar-refractivity contribution in [2.75, 3.05) is 13.7 Å². The molecule has 1 unspecified atom stereocenters. The van der Waals surface area contributed by atoms with Crippen LogP contribution in [-0.2, 0) is 22.6 Å². The Morgan fingerprint density at radius 1 is 1.41 bits per heavy atom. The molecule has 17 heavy (non-hydrogen) atoms. The first-order valence-electron chi connectivity index (χ1n) is 5.73. The lowest BCUT2D eigenvalue weighted by Gasteiger charge is -2.12. The van der Waals surface area contributed by atoms with Crippen LogP contribution in [0, 0.1) is 0 Å². The van der Waals surface area contributed by atoms with Gasteiger partial charge in [-0.2, -0.15) is 0 Å². The zero-order valence-electron chi connectivity index (χ0n) is 10.2. The van der Waals surface area contributed by atoms with E-state index >= 15 is 0 Å². The molecule has 1 aromatic carbocycles. The first kappa shape index (κ1) is 12.1. The van der Waals surface area contributed by atoms with E-state index in [1.807, 2.05) is 25.1 Å². The van der Waals surface area contributed by atoms with E-state index in [9.17, 15) is 4.79 Å². The van der Waals surface area contributed by atoms with Crippen LogP contribution < -0.4 is 5.32 Å². The molecule has 1 aromatic rings. The normalized spacial score (nSPS) is 15.4. The fourth-order valence-electron chi connectivity index (χ4n) is 1.94. The fraction of sp³-hybridized carbons (Fsp3) is 0.462. The summed E-state index contributed by atoms with van der Waals surface area (Å²) in [4.78, 5) is 11.8. The number of fused-ring (bicyclic) bond motifs is 1. The predicted octanol–water partition coefficient (Wildman–Crippen LogP) is 1.48. The van der Waals surface area contributed by atoms with Crippen molar-refractivity contribution in [3.8, 4) is 0 Å². The van der Waals surface area contributed by atoms with Crippen LogP contribution in [0.1, 0.15) is 28.4 Å². The van der Waals surface area contributed by atoms with Crippen LogP contribution in [0.25, 0.3) is 0 Å². The summed E-state index contributed by atoms with van der Waals surface area (Å²) < 4.78 is 10.2. The van der Waals surface area contributed by atoms with E-state index in [0.29, 0.717) is 12.2 Å². The molecule has 0 saturated carbocycles. The van der Waals surface area contributed by atoms with Crippen molar-refractivity contribution < 1.29 is 14.3 Å². The summed E-state index contributed by atoms with van der Waals surface area (Å²) >= 11 is 0. The van der Waals surface area contributed by atoms with Crippen molar-refractivity contribution in [1.82, 2.24) is 5.32 Å². The Labute approximate surface area is 101 Å². The number of benzene rings is 1. The van der Waals surface area contributed by atoms with E-state index in [4.69, 9.17) is 9.47 Å². The molecular weight excluding hydrogens is 218 g/mol. The van der Waals surface area contributed by atoms with Gasteiger partial charge in [0.25, 0.3) is 0 Å². The lowest BCUT2D eigenvalue weighted by Crippen LogP contribution is -2.19. The van der Waals surface area contributed by atoms with E-state index in [1.54, 1.807) is 7.11 Å². The molecule has 1 N–H and O–H groups in total. The summed E-state index contributed by atoms with van der Waals surface area (Å²) in [5.74, 6) is -0.288. The Morgan fingerprint density at radius 3 is 2.94 bits per heavy atom.